The van der Waals surface area contributed by atoms with Gasteiger partial charge in [-0.25, -0.2) is 4.79 Å². The Morgan fingerprint density at radius 2 is 2.17 bits per heavy atom. The second-order valence-electron chi connectivity index (χ2n) is 6.49. The number of nitrogens with zero attached hydrogens (tertiary/aromatic N) is 2. The quantitative estimate of drug-likeness (QED) is 0.836. The Labute approximate surface area is 145 Å². The van der Waals surface area contributed by atoms with Crippen LogP contribution in [0.25, 0.3) is 10.2 Å². The van der Waals surface area contributed by atoms with Gasteiger partial charge >= 0.3 is 6.09 Å². The minimum Gasteiger partial charge on any atom is -0.444 e. The molecule has 5 nitrogen and oxygen atoms in total. The molecule has 1 amide bonds. The summed E-state index contributed by atoms with van der Waals surface area (Å²) < 4.78 is 6.47. The first kappa shape index (κ1) is 18.0. The first-order valence-corrected chi connectivity index (χ1v) is 9.52. The molecule has 2 rings (SSSR count). The van der Waals surface area contributed by atoms with Crippen LogP contribution in [0.2, 0.25) is 0 Å². The molecule has 126 valence electrons. The minimum absolute atomic E-state index is 0.0118. The summed E-state index contributed by atoms with van der Waals surface area (Å²) in [6.07, 6.45) is 4.21. The number of rotatable bonds is 4. The highest BCUT2D eigenvalue weighted by atomic mass is 32.2. The highest BCUT2D eigenvalue weighted by molar-refractivity contribution is 7.99. The van der Waals surface area contributed by atoms with Crippen LogP contribution in [0.5, 0.6) is 0 Å². The minimum atomic E-state index is -0.486. The van der Waals surface area contributed by atoms with E-state index in [2.05, 4.69) is 22.4 Å². The van der Waals surface area contributed by atoms with Gasteiger partial charge < -0.3 is 10.1 Å². The summed E-state index contributed by atoms with van der Waals surface area (Å²) in [5.74, 6) is 0. The molecule has 0 bridgehead atoms. The standard InChI is InChI=1S/C16H23N3O2S2/c1-9(18-15(20)21-16(3,4)5)7-11-10(2)13-14(23-11)12(22-6)8-17-19-13/h8-9H,7H2,1-6H3,(H,18,20)/t9-/m0/s1. The fraction of sp³-hybridized carbons (Fsp3) is 0.562. The molecule has 0 aromatic carbocycles. The zero-order valence-corrected chi connectivity index (χ0v) is 16.0. The van der Waals surface area contributed by atoms with E-state index in [1.165, 1.54) is 9.58 Å². The van der Waals surface area contributed by atoms with Crippen LogP contribution in [0.4, 0.5) is 4.79 Å². The molecule has 0 saturated heterocycles. The maximum absolute atomic E-state index is 11.9. The topological polar surface area (TPSA) is 64.1 Å². The third kappa shape index (κ3) is 4.57. The Balaban J connectivity index is 2.12. The van der Waals surface area contributed by atoms with Crippen LogP contribution in [0, 0.1) is 6.92 Å². The molecular formula is C16H23N3O2S2. The van der Waals surface area contributed by atoms with E-state index in [0.717, 1.165) is 22.4 Å². The summed E-state index contributed by atoms with van der Waals surface area (Å²) in [6, 6.07) is -0.0118. The maximum Gasteiger partial charge on any atom is 0.407 e. The summed E-state index contributed by atoms with van der Waals surface area (Å²) in [5, 5.41) is 11.2. The number of aromatic nitrogens is 2. The van der Waals surface area contributed by atoms with Gasteiger partial charge in [-0.3, -0.25) is 0 Å². The fourth-order valence-corrected chi connectivity index (χ4v) is 4.30. The van der Waals surface area contributed by atoms with Crippen LogP contribution in [-0.2, 0) is 11.2 Å². The van der Waals surface area contributed by atoms with Gasteiger partial charge in [0.2, 0.25) is 0 Å². The lowest BCUT2D eigenvalue weighted by atomic mass is 10.1. The second kappa shape index (κ2) is 7.05. The Morgan fingerprint density at radius 1 is 1.48 bits per heavy atom. The number of thioether (sulfide) groups is 1. The first-order chi connectivity index (χ1) is 10.7. The van der Waals surface area contributed by atoms with Gasteiger partial charge in [-0.2, -0.15) is 5.10 Å². The average molecular weight is 354 g/mol. The van der Waals surface area contributed by atoms with Crippen molar-refractivity contribution in [2.24, 2.45) is 0 Å². The Hall–Kier alpha value is -1.34. The van der Waals surface area contributed by atoms with Crippen LogP contribution in [-0.4, -0.2) is 34.2 Å². The molecule has 0 aliphatic carbocycles. The summed E-state index contributed by atoms with van der Waals surface area (Å²) in [4.78, 5) is 14.2. The maximum atomic E-state index is 11.9. The van der Waals surface area contributed by atoms with Gasteiger partial charge in [0, 0.05) is 22.2 Å². The highest BCUT2D eigenvalue weighted by Crippen LogP contribution is 2.35. The van der Waals surface area contributed by atoms with E-state index in [1.54, 1.807) is 29.3 Å². The molecule has 0 aliphatic rings. The van der Waals surface area contributed by atoms with Crippen LogP contribution in [0.1, 0.15) is 38.1 Å². The monoisotopic (exact) mass is 353 g/mol. The van der Waals surface area contributed by atoms with Crippen molar-refractivity contribution < 1.29 is 9.53 Å². The molecule has 0 saturated carbocycles. The van der Waals surface area contributed by atoms with E-state index in [0.29, 0.717) is 0 Å². The molecule has 0 spiro atoms. The second-order valence-corrected chi connectivity index (χ2v) is 8.45. The molecule has 1 N–H and O–H groups in total. The number of carbonyl (C=O) groups is 1. The van der Waals surface area contributed by atoms with Crippen molar-refractivity contribution in [1.82, 2.24) is 15.5 Å². The number of carbonyl (C=O) groups excluding carboxylic acids is 1. The number of hydrogen-bond donors (Lipinski definition) is 1. The van der Waals surface area contributed by atoms with Crippen molar-refractivity contribution in [2.75, 3.05) is 6.26 Å². The highest BCUT2D eigenvalue weighted by Gasteiger charge is 2.20. The van der Waals surface area contributed by atoms with E-state index in [1.807, 2.05) is 34.0 Å². The van der Waals surface area contributed by atoms with Gasteiger partial charge in [0.1, 0.15) is 11.1 Å². The summed E-state index contributed by atoms with van der Waals surface area (Å²) in [5.41, 5.74) is 1.62. The fourth-order valence-electron chi connectivity index (χ4n) is 2.21. The van der Waals surface area contributed by atoms with Gasteiger partial charge in [-0.15, -0.1) is 28.2 Å². The molecule has 23 heavy (non-hydrogen) atoms. The van der Waals surface area contributed by atoms with Crippen LogP contribution in [0.3, 0.4) is 0 Å². The molecule has 2 heterocycles. The predicted octanol–water partition coefficient (Wildman–Crippen LogP) is 4.18. The largest absolute Gasteiger partial charge is 0.444 e. The van der Waals surface area contributed by atoms with Gasteiger partial charge in [0.05, 0.1) is 10.9 Å². The summed E-state index contributed by atoms with van der Waals surface area (Å²) in [6.45, 7) is 9.62. The van der Waals surface area contributed by atoms with Crippen molar-refractivity contribution >= 4 is 39.4 Å². The van der Waals surface area contributed by atoms with E-state index in [4.69, 9.17) is 4.74 Å². The number of aryl methyl sites for hydroxylation is 1. The van der Waals surface area contributed by atoms with Gasteiger partial charge in [0.15, 0.2) is 0 Å². The lowest BCUT2D eigenvalue weighted by Crippen LogP contribution is -2.38. The Morgan fingerprint density at radius 3 is 2.78 bits per heavy atom. The number of thiophene rings is 1. The van der Waals surface area contributed by atoms with Crippen molar-refractivity contribution in [2.45, 2.75) is 57.6 Å². The van der Waals surface area contributed by atoms with Gasteiger partial charge in [-0.1, -0.05) is 0 Å². The smallest absolute Gasteiger partial charge is 0.407 e. The molecule has 1 atom stereocenters. The first-order valence-electron chi connectivity index (χ1n) is 7.48. The zero-order valence-electron chi connectivity index (χ0n) is 14.4. The van der Waals surface area contributed by atoms with Crippen LogP contribution in [0.15, 0.2) is 11.1 Å². The van der Waals surface area contributed by atoms with Crippen LogP contribution >= 0.6 is 23.1 Å². The molecule has 2 aromatic heterocycles. The van der Waals surface area contributed by atoms with Crippen molar-refractivity contribution in [3.63, 3.8) is 0 Å². The Kier molecular flexibility index (Phi) is 5.52. The molecule has 0 radical (unpaired) electrons. The number of hydrogen-bond acceptors (Lipinski definition) is 6. The summed E-state index contributed by atoms with van der Waals surface area (Å²) >= 11 is 3.40. The van der Waals surface area contributed by atoms with Crippen LogP contribution < -0.4 is 5.32 Å². The van der Waals surface area contributed by atoms with E-state index in [9.17, 15) is 4.79 Å². The van der Waals surface area contributed by atoms with Crippen molar-refractivity contribution in [3.8, 4) is 0 Å². The lowest BCUT2D eigenvalue weighted by molar-refractivity contribution is 0.0508. The normalized spacial score (nSPS) is 13.1. The predicted molar refractivity (Wildman–Crippen MR) is 96.5 cm³/mol. The number of ether oxygens (including phenoxy) is 1. The average Bonchev–Trinajstić information content (AvgIpc) is 2.73. The number of fused-ring (bicyclic) bond motifs is 1. The van der Waals surface area contributed by atoms with Gasteiger partial charge in [0.25, 0.3) is 0 Å². The number of amides is 1. The van der Waals surface area contributed by atoms with Crippen molar-refractivity contribution in [3.05, 3.63) is 16.6 Å². The SMILES string of the molecule is CSc1cnnc2c(C)c(C[C@H](C)NC(=O)OC(C)(C)C)sc12. The molecular weight excluding hydrogens is 330 g/mol. The number of alkyl carbamates (subject to hydrolysis) is 1. The lowest BCUT2D eigenvalue weighted by Gasteiger charge is -2.21. The third-order valence-corrected chi connectivity index (χ3v) is 5.46. The van der Waals surface area contributed by atoms with Crippen molar-refractivity contribution in [1.29, 1.82) is 0 Å². The Bertz CT molecular complexity index is 707. The van der Waals surface area contributed by atoms with Gasteiger partial charge in [-0.05, 0) is 46.4 Å². The zero-order chi connectivity index (χ0) is 17.2. The molecule has 2 aromatic rings. The molecule has 0 aliphatic heterocycles. The van der Waals surface area contributed by atoms with E-state index < -0.39 is 5.60 Å². The van der Waals surface area contributed by atoms with E-state index in [-0.39, 0.29) is 12.1 Å². The molecule has 0 fully saturated rings. The van der Waals surface area contributed by atoms with E-state index >= 15 is 0 Å². The molecule has 0 unspecified atom stereocenters. The third-order valence-electron chi connectivity index (χ3n) is 3.24. The molecule has 7 heteroatoms. The summed E-state index contributed by atoms with van der Waals surface area (Å²) in [7, 11) is 0. The number of nitrogens with one attached hydrogen (secondary N) is 1.